The molecule has 1 fully saturated rings. The molecule has 0 radical (unpaired) electrons. The fraction of sp³-hybridized carbons (Fsp3) is 0.652. The number of nitrogens with zero attached hydrogens (tertiary/aromatic N) is 2. The Balaban J connectivity index is 0.00000450. The van der Waals surface area contributed by atoms with Crippen molar-refractivity contribution in [3.8, 4) is 0 Å². The summed E-state index contributed by atoms with van der Waals surface area (Å²) in [5.74, 6) is 0.904. The molecule has 0 spiro atoms. The van der Waals surface area contributed by atoms with Gasteiger partial charge in [-0.25, -0.2) is 0 Å². The number of likely N-dealkylation sites (tertiary alicyclic amines) is 1. The van der Waals surface area contributed by atoms with Gasteiger partial charge in [-0.05, 0) is 37.8 Å². The molecule has 2 rings (SSSR count). The summed E-state index contributed by atoms with van der Waals surface area (Å²) in [6.45, 7) is 15.2. The number of carbonyl (C=O) groups excluding carboxylic acids is 1. The SMILES string of the molecule is CCNC(=NCCNC(=O)C(C)(C)C)NC1CCN(Cc2ccccc2C)CC1.I. The molecule has 1 amide bonds. The zero-order valence-corrected chi connectivity index (χ0v) is 21.6. The Morgan fingerprint density at radius 1 is 1.17 bits per heavy atom. The van der Waals surface area contributed by atoms with Crippen LogP contribution in [0.2, 0.25) is 0 Å². The normalized spacial score (nSPS) is 16.0. The monoisotopic (exact) mass is 529 g/mol. The van der Waals surface area contributed by atoms with Crippen LogP contribution in [0.3, 0.4) is 0 Å². The average Bonchev–Trinajstić information content (AvgIpc) is 2.67. The molecule has 1 heterocycles. The first-order valence-corrected chi connectivity index (χ1v) is 10.9. The van der Waals surface area contributed by atoms with Crippen molar-refractivity contribution in [1.82, 2.24) is 20.9 Å². The number of amides is 1. The van der Waals surface area contributed by atoms with Crippen LogP contribution in [0.5, 0.6) is 0 Å². The van der Waals surface area contributed by atoms with Crippen molar-refractivity contribution in [1.29, 1.82) is 0 Å². The number of hydrogen-bond acceptors (Lipinski definition) is 3. The van der Waals surface area contributed by atoms with E-state index in [2.05, 4.69) is 64.0 Å². The molecule has 7 heteroatoms. The van der Waals surface area contributed by atoms with E-state index in [1.54, 1.807) is 0 Å². The number of halogens is 1. The molecule has 0 saturated carbocycles. The van der Waals surface area contributed by atoms with Crippen molar-refractivity contribution in [3.05, 3.63) is 35.4 Å². The highest BCUT2D eigenvalue weighted by atomic mass is 127. The van der Waals surface area contributed by atoms with E-state index in [1.807, 2.05) is 20.8 Å². The minimum Gasteiger partial charge on any atom is -0.357 e. The van der Waals surface area contributed by atoms with Crippen molar-refractivity contribution >= 4 is 35.8 Å². The fourth-order valence-electron chi connectivity index (χ4n) is 3.38. The van der Waals surface area contributed by atoms with Crippen LogP contribution in [-0.2, 0) is 11.3 Å². The quantitative estimate of drug-likeness (QED) is 0.220. The van der Waals surface area contributed by atoms with Crippen LogP contribution in [0.25, 0.3) is 0 Å². The highest BCUT2D eigenvalue weighted by Crippen LogP contribution is 2.16. The highest BCUT2D eigenvalue weighted by Gasteiger charge is 2.21. The summed E-state index contributed by atoms with van der Waals surface area (Å²) < 4.78 is 0. The van der Waals surface area contributed by atoms with Crippen LogP contribution in [0, 0.1) is 12.3 Å². The number of aliphatic imine (C=N–C) groups is 1. The maximum absolute atomic E-state index is 11.9. The molecule has 0 unspecified atom stereocenters. The van der Waals surface area contributed by atoms with Gasteiger partial charge in [0, 0.05) is 44.2 Å². The van der Waals surface area contributed by atoms with Gasteiger partial charge in [0.25, 0.3) is 0 Å². The van der Waals surface area contributed by atoms with E-state index in [0.717, 1.165) is 45.0 Å². The summed E-state index contributed by atoms with van der Waals surface area (Å²) in [6, 6.07) is 9.08. The number of rotatable bonds is 7. The van der Waals surface area contributed by atoms with Gasteiger partial charge in [0.15, 0.2) is 5.96 Å². The van der Waals surface area contributed by atoms with E-state index in [0.29, 0.717) is 19.1 Å². The van der Waals surface area contributed by atoms with Crippen LogP contribution < -0.4 is 16.0 Å². The number of piperidine rings is 1. The third-order valence-electron chi connectivity index (χ3n) is 5.28. The van der Waals surface area contributed by atoms with E-state index >= 15 is 0 Å². The smallest absolute Gasteiger partial charge is 0.225 e. The van der Waals surface area contributed by atoms with Crippen LogP contribution in [-0.4, -0.2) is 55.5 Å². The molecular formula is C23H40IN5O. The summed E-state index contributed by atoms with van der Waals surface area (Å²) >= 11 is 0. The lowest BCUT2D eigenvalue weighted by Gasteiger charge is -2.33. The second-order valence-corrected chi connectivity index (χ2v) is 8.89. The predicted octanol–water partition coefficient (Wildman–Crippen LogP) is 3.29. The van der Waals surface area contributed by atoms with Gasteiger partial charge in [0.1, 0.15) is 0 Å². The molecular weight excluding hydrogens is 489 g/mol. The van der Waals surface area contributed by atoms with E-state index in [4.69, 9.17) is 0 Å². The summed E-state index contributed by atoms with van der Waals surface area (Å²) in [7, 11) is 0. The molecule has 1 aromatic carbocycles. The minimum absolute atomic E-state index is 0. The summed E-state index contributed by atoms with van der Waals surface area (Å²) in [6.07, 6.45) is 2.22. The molecule has 0 aliphatic carbocycles. The lowest BCUT2D eigenvalue weighted by Crippen LogP contribution is -2.48. The van der Waals surface area contributed by atoms with Crippen molar-refractivity contribution in [3.63, 3.8) is 0 Å². The van der Waals surface area contributed by atoms with Crippen LogP contribution in [0.15, 0.2) is 29.3 Å². The van der Waals surface area contributed by atoms with Crippen LogP contribution in [0.4, 0.5) is 0 Å². The molecule has 1 aliphatic rings. The second kappa shape index (κ2) is 13.1. The number of hydrogen-bond donors (Lipinski definition) is 3. The third-order valence-corrected chi connectivity index (χ3v) is 5.28. The molecule has 0 aromatic heterocycles. The zero-order valence-electron chi connectivity index (χ0n) is 19.3. The second-order valence-electron chi connectivity index (χ2n) is 8.89. The fourth-order valence-corrected chi connectivity index (χ4v) is 3.38. The van der Waals surface area contributed by atoms with Gasteiger partial charge in [-0.2, -0.15) is 0 Å². The lowest BCUT2D eigenvalue weighted by atomic mass is 9.96. The Morgan fingerprint density at radius 2 is 1.83 bits per heavy atom. The Labute approximate surface area is 199 Å². The molecule has 0 atom stereocenters. The van der Waals surface area contributed by atoms with Crippen LogP contribution >= 0.6 is 24.0 Å². The molecule has 3 N–H and O–H groups in total. The van der Waals surface area contributed by atoms with E-state index in [9.17, 15) is 4.79 Å². The number of carbonyl (C=O) groups is 1. The number of aryl methyl sites for hydroxylation is 1. The standard InChI is InChI=1S/C23H39N5O.HI/c1-6-24-22(26-14-13-25-21(29)23(3,4)5)27-20-11-15-28(16-12-20)17-19-10-8-7-9-18(19)2;/h7-10,20H,6,11-17H2,1-5H3,(H,25,29)(H2,24,26,27);1H. The van der Waals surface area contributed by atoms with Crippen molar-refractivity contribution in [2.75, 3.05) is 32.7 Å². The van der Waals surface area contributed by atoms with Gasteiger partial charge >= 0.3 is 0 Å². The molecule has 1 aliphatic heterocycles. The molecule has 1 aromatic rings. The molecule has 0 bridgehead atoms. The third kappa shape index (κ3) is 9.20. The summed E-state index contributed by atoms with van der Waals surface area (Å²) in [4.78, 5) is 19.1. The van der Waals surface area contributed by atoms with Crippen LogP contribution in [0.1, 0.15) is 51.7 Å². The zero-order chi connectivity index (χ0) is 21.3. The predicted molar refractivity (Wildman–Crippen MR) is 136 cm³/mol. The average molecular weight is 530 g/mol. The Morgan fingerprint density at radius 3 is 2.43 bits per heavy atom. The first kappa shape index (κ1) is 26.7. The topological polar surface area (TPSA) is 68.8 Å². The van der Waals surface area contributed by atoms with Gasteiger partial charge in [0.2, 0.25) is 5.91 Å². The molecule has 6 nitrogen and oxygen atoms in total. The first-order valence-electron chi connectivity index (χ1n) is 10.9. The van der Waals surface area contributed by atoms with Gasteiger partial charge < -0.3 is 16.0 Å². The summed E-state index contributed by atoms with van der Waals surface area (Å²) in [5.41, 5.74) is 2.43. The van der Waals surface area contributed by atoms with E-state index < -0.39 is 0 Å². The van der Waals surface area contributed by atoms with Gasteiger partial charge in [-0.3, -0.25) is 14.7 Å². The van der Waals surface area contributed by atoms with E-state index in [-0.39, 0.29) is 35.3 Å². The maximum Gasteiger partial charge on any atom is 0.225 e. The molecule has 1 saturated heterocycles. The van der Waals surface area contributed by atoms with Crippen molar-refractivity contribution < 1.29 is 4.79 Å². The van der Waals surface area contributed by atoms with Crippen molar-refractivity contribution in [2.45, 2.75) is 60.0 Å². The number of nitrogens with one attached hydrogen (secondary N) is 3. The summed E-state index contributed by atoms with van der Waals surface area (Å²) in [5, 5.41) is 9.84. The Hall–Kier alpha value is -1.35. The van der Waals surface area contributed by atoms with Gasteiger partial charge in [0.05, 0.1) is 6.54 Å². The van der Waals surface area contributed by atoms with Crippen molar-refractivity contribution in [2.24, 2.45) is 10.4 Å². The number of benzene rings is 1. The molecule has 170 valence electrons. The molecule has 30 heavy (non-hydrogen) atoms. The lowest BCUT2D eigenvalue weighted by molar-refractivity contribution is -0.128. The first-order chi connectivity index (χ1) is 13.8. The Kier molecular flexibility index (Phi) is 11.7. The van der Waals surface area contributed by atoms with Gasteiger partial charge in [-0.1, -0.05) is 45.0 Å². The Bertz CT molecular complexity index is 678. The largest absolute Gasteiger partial charge is 0.357 e. The minimum atomic E-state index is -0.362. The maximum atomic E-state index is 11.9. The number of guanidine groups is 1. The van der Waals surface area contributed by atoms with E-state index in [1.165, 1.54) is 11.1 Å². The highest BCUT2D eigenvalue weighted by molar-refractivity contribution is 14.0. The van der Waals surface area contributed by atoms with Gasteiger partial charge in [-0.15, -0.1) is 24.0 Å².